The lowest BCUT2D eigenvalue weighted by molar-refractivity contribution is -0.161. The van der Waals surface area contributed by atoms with Gasteiger partial charge in [-0.1, -0.05) is 146 Å². The van der Waals surface area contributed by atoms with Gasteiger partial charge >= 0.3 is 19.8 Å². The van der Waals surface area contributed by atoms with Gasteiger partial charge < -0.3 is 24.6 Å². The van der Waals surface area contributed by atoms with Crippen molar-refractivity contribution in [3.8, 4) is 0 Å². The Labute approximate surface area is 315 Å². The quantitative estimate of drug-likeness (QED) is 0.0242. The molecule has 0 amide bonds. The lowest BCUT2D eigenvalue weighted by atomic mass is 10.0. The Morgan fingerprint density at radius 1 is 0.577 bits per heavy atom. The summed E-state index contributed by atoms with van der Waals surface area (Å²) in [4.78, 5) is 34.8. The van der Waals surface area contributed by atoms with Gasteiger partial charge in [0.25, 0.3) is 0 Å². The number of allylic oxidation sites excluding steroid dienone is 8. The molecule has 0 heterocycles. The second-order valence-electron chi connectivity index (χ2n) is 13.3. The Kier molecular flexibility index (Phi) is 35.8. The molecule has 0 aromatic carbocycles. The molecule has 0 rings (SSSR count). The zero-order valence-corrected chi connectivity index (χ0v) is 33.4. The zero-order chi connectivity index (χ0) is 38.4. The Balaban J connectivity index is 4.45. The van der Waals surface area contributed by atoms with Gasteiger partial charge in [-0.25, -0.2) is 4.57 Å². The summed E-state index contributed by atoms with van der Waals surface area (Å²) >= 11 is 0. The number of phosphoric ester groups is 1. The van der Waals surface area contributed by atoms with Crippen LogP contribution in [0.5, 0.6) is 0 Å². The number of rotatable bonds is 37. The van der Waals surface area contributed by atoms with Crippen LogP contribution in [0.1, 0.15) is 162 Å². The standard InChI is InChI=1S/C41H73O10P/c1-3-5-7-9-11-13-15-17-18-19-20-21-23-25-27-29-31-33-41(45)51-39(37-50-52(46,47)49-35-38(43)34-42)36-48-40(44)32-30-28-26-24-22-16-14-12-10-8-6-4-2/h11,13,17-18,20-21,25,27,38-39,42-43H,3-10,12,14-16,19,22-24,26,28-37H2,1-2H3,(H,46,47)/b13-11-,18-17-,21-20-,27-25-/t38-,39+/m0/s1. The molecule has 52 heavy (non-hydrogen) atoms. The van der Waals surface area contributed by atoms with Crippen LogP contribution in [0.25, 0.3) is 0 Å². The van der Waals surface area contributed by atoms with Crippen molar-refractivity contribution in [3.05, 3.63) is 48.6 Å². The minimum atomic E-state index is -4.63. The molecule has 0 aliphatic heterocycles. The molecule has 0 radical (unpaired) electrons. The topological polar surface area (TPSA) is 149 Å². The second-order valence-corrected chi connectivity index (χ2v) is 14.8. The minimum absolute atomic E-state index is 0.108. The van der Waals surface area contributed by atoms with Crippen LogP contribution in [-0.4, -0.2) is 65.7 Å². The van der Waals surface area contributed by atoms with Gasteiger partial charge in [-0.3, -0.25) is 18.6 Å². The molecule has 0 aromatic heterocycles. The number of aliphatic hydroxyl groups excluding tert-OH is 2. The first-order valence-corrected chi connectivity index (χ1v) is 21.6. The van der Waals surface area contributed by atoms with Crippen molar-refractivity contribution in [1.82, 2.24) is 0 Å². The van der Waals surface area contributed by atoms with Gasteiger partial charge in [-0.15, -0.1) is 0 Å². The second kappa shape index (κ2) is 37.3. The van der Waals surface area contributed by atoms with Gasteiger partial charge in [0.2, 0.25) is 0 Å². The van der Waals surface area contributed by atoms with E-state index in [9.17, 15) is 24.2 Å². The SMILES string of the molecule is CCCCC/C=C\C/C=C\C/C=C\C/C=C\CCCC(=O)O[C@H](COC(=O)CCCCCCCCCCCCCC)COP(=O)(O)OC[C@@H](O)CO. The molecule has 302 valence electrons. The minimum Gasteiger partial charge on any atom is -0.462 e. The fourth-order valence-electron chi connectivity index (χ4n) is 5.10. The molecule has 0 bridgehead atoms. The van der Waals surface area contributed by atoms with Crippen molar-refractivity contribution >= 4 is 19.8 Å². The maximum absolute atomic E-state index is 12.5. The first kappa shape index (κ1) is 49.9. The van der Waals surface area contributed by atoms with Crippen molar-refractivity contribution in [2.45, 2.75) is 174 Å². The van der Waals surface area contributed by atoms with Crippen LogP contribution in [0, 0.1) is 0 Å². The van der Waals surface area contributed by atoms with Crippen LogP contribution in [-0.2, 0) is 32.7 Å². The van der Waals surface area contributed by atoms with Crippen molar-refractivity contribution in [2.24, 2.45) is 0 Å². The number of unbranched alkanes of at least 4 members (excludes halogenated alkanes) is 15. The summed E-state index contributed by atoms with van der Waals surface area (Å²) in [5.41, 5.74) is 0. The number of carbonyl (C=O) groups is 2. The number of hydrogen-bond acceptors (Lipinski definition) is 9. The van der Waals surface area contributed by atoms with Gasteiger partial charge in [0.15, 0.2) is 6.10 Å². The van der Waals surface area contributed by atoms with Crippen LogP contribution < -0.4 is 0 Å². The van der Waals surface area contributed by atoms with Crippen LogP contribution in [0.2, 0.25) is 0 Å². The van der Waals surface area contributed by atoms with Crippen LogP contribution in [0.4, 0.5) is 0 Å². The van der Waals surface area contributed by atoms with E-state index in [1.807, 2.05) is 12.2 Å². The molecule has 0 aromatic rings. The molecule has 0 spiro atoms. The van der Waals surface area contributed by atoms with Crippen molar-refractivity contribution < 1.29 is 47.8 Å². The van der Waals surface area contributed by atoms with Crippen molar-refractivity contribution in [2.75, 3.05) is 26.4 Å². The Bertz CT molecular complexity index is 1010. The predicted molar refractivity (Wildman–Crippen MR) is 210 cm³/mol. The summed E-state index contributed by atoms with van der Waals surface area (Å²) in [5.74, 6) is -0.992. The van der Waals surface area contributed by atoms with E-state index >= 15 is 0 Å². The Morgan fingerprint density at radius 2 is 1.02 bits per heavy atom. The Hall–Kier alpha value is -2.07. The number of hydrogen-bond donors (Lipinski definition) is 3. The highest BCUT2D eigenvalue weighted by atomic mass is 31.2. The summed E-state index contributed by atoms with van der Waals surface area (Å²) in [6, 6.07) is 0. The molecule has 3 atom stereocenters. The monoisotopic (exact) mass is 756 g/mol. The number of ether oxygens (including phenoxy) is 2. The average molecular weight is 757 g/mol. The van der Waals surface area contributed by atoms with E-state index in [0.717, 1.165) is 44.9 Å². The van der Waals surface area contributed by atoms with E-state index in [4.69, 9.17) is 19.1 Å². The summed E-state index contributed by atoms with van der Waals surface area (Å²) in [7, 11) is -4.63. The first-order valence-electron chi connectivity index (χ1n) is 20.1. The van der Waals surface area contributed by atoms with Crippen LogP contribution in [0.3, 0.4) is 0 Å². The van der Waals surface area contributed by atoms with Gasteiger partial charge in [0, 0.05) is 12.8 Å². The molecular weight excluding hydrogens is 683 g/mol. The number of carbonyl (C=O) groups excluding carboxylic acids is 2. The van der Waals surface area contributed by atoms with Gasteiger partial charge in [0.1, 0.15) is 12.7 Å². The molecule has 0 aliphatic rings. The molecule has 11 heteroatoms. The molecule has 0 fully saturated rings. The molecule has 1 unspecified atom stereocenters. The molecule has 0 saturated carbocycles. The summed E-state index contributed by atoms with van der Waals surface area (Å²) in [6.45, 7) is 2.27. The molecule has 0 saturated heterocycles. The number of phosphoric acid groups is 1. The van der Waals surface area contributed by atoms with Crippen LogP contribution >= 0.6 is 7.82 Å². The molecule has 0 aliphatic carbocycles. The lowest BCUT2D eigenvalue weighted by Crippen LogP contribution is -2.29. The van der Waals surface area contributed by atoms with Crippen molar-refractivity contribution in [1.29, 1.82) is 0 Å². The molecule has 3 N–H and O–H groups in total. The summed E-state index contributed by atoms with van der Waals surface area (Å²) in [6.07, 6.45) is 38.0. The maximum Gasteiger partial charge on any atom is 0.472 e. The lowest BCUT2D eigenvalue weighted by Gasteiger charge is -2.20. The predicted octanol–water partition coefficient (Wildman–Crippen LogP) is 10.2. The largest absolute Gasteiger partial charge is 0.472 e. The third kappa shape index (κ3) is 36.3. The van der Waals surface area contributed by atoms with E-state index in [0.29, 0.717) is 19.3 Å². The fourth-order valence-corrected chi connectivity index (χ4v) is 5.89. The third-order valence-corrected chi connectivity index (χ3v) is 9.19. The average Bonchev–Trinajstić information content (AvgIpc) is 3.13. The van der Waals surface area contributed by atoms with Gasteiger partial charge in [0.05, 0.1) is 19.8 Å². The van der Waals surface area contributed by atoms with E-state index in [1.54, 1.807) is 0 Å². The van der Waals surface area contributed by atoms with E-state index < -0.39 is 51.8 Å². The van der Waals surface area contributed by atoms with Crippen LogP contribution in [0.15, 0.2) is 48.6 Å². The third-order valence-electron chi connectivity index (χ3n) is 8.24. The number of aliphatic hydroxyl groups is 2. The fraction of sp³-hybridized carbons (Fsp3) is 0.756. The highest BCUT2D eigenvalue weighted by molar-refractivity contribution is 7.47. The normalized spacial score (nSPS) is 14.5. The van der Waals surface area contributed by atoms with E-state index in [1.165, 1.54) is 70.6 Å². The number of esters is 2. The van der Waals surface area contributed by atoms with Crippen molar-refractivity contribution in [3.63, 3.8) is 0 Å². The highest BCUT2D eigenvalue weighted by Crippen LogP contribution is 2.43. The summed E-state index contributed by atoms with van der Waals surface area (Å²) < 4.78 is 32.6. The maximum atomic E-state index is 12.5. The smallest absolute Gasteiger partial charge is 0.462 e. The van der Waals surface area contributed by atoms with Gasteiger partial charge in [-0.2, -0.15) is 0 Å². The van der Waals surface area contributed by atoms with E-state index in [2.05, 4.69) is 54.8 Å². The van der Waals surface area contributed by atoms with Gasteiger partial charge in [-0.05, 0) is 51.4 Å². The summed E-state index contributed by atoms with van der Waals surface area (Å²) in [5, 5.41) is 18.3. The molecule has 10 nitrogen and oxygen atoms in total. The zero-order valence-electron chi connectivity index (χ0n) is 32.5. The first-order chi connectivity index (χ1) is 25.2. The van der Waals surface area contributed by atoms with E-state index in [-0.39, 0.29) is 19.4 Å². The highest BCUT2D eigenvalue weighted by Gasteiger charge is 2.27. The molecular formula is C41H73O10P. The Morgan fingerprint density at radius 3 is 1.56 bits per heavy atom.